The van der Waals surface area contributed by atoms with Crippen LogP contribution in [0.3, 0.4) is 0 Å². The van der Waals surface area contributed by atoms with Gasteiger partial charge in [0.15, 0.2) is 11.6 Å². The lowest BCUT2D eigenvalue weighted by Crippen LogP contribution is -2.26. The van der Waals surface area contributed by atoms with Crippen LogP contribution >= 0.6 is 0 Å². The molecule has 4 nitrogen and oxygen atoms in total. The van der Waals surface area contributed by atoms with Gasteiger partial charge in [-0.25, -0.2) is 22.0 Å². The van der Waals surface area contributed by atoms with Gasteiger partial charge in [-0.2, -0.15) is 0 Å². The Morgan fingerprint density at radius 1 is 0.900 bits per heavy atom. The lowest BCUT2D eigenvalue weighted by Gasteiger charge is -2.25. The Hall–Kier alpha value is -3.07. The third kappa shape index (κ3) is 3.72. The standard InChI is InChI=1S/C21H17F5N4/c1-29-8-9-30(12-2-4-15(22)16(23)10-12)19-7-3-13(20(24)14(19)11-29)17-5-6-18(21(25)26)28-27-17/h2-7,10,21H,8-9,11H2,1H3. The molecule has 4 rings (SSSR count). The Morgan fingerprint density at radius 2 is 1.70 bits per heavy atom. The number of halogens is 5. The first-order valence-corrected chi connectivity index (χ1v) is 9.20. The zero-order valence-electron chi connectivity index (χ0n) is 15.9. The summed E-state index contributed by atoms with van der Waals surface area (Å²) in [4.78, 5) is 3.62. The molecule has 2 aromatic carbocycles. The Kier molecular flexibility index (Phi) is 5.38. The topological polar surface area (TPSA) is 32.3 Å². The fourth-order valence-electron chi connectivity index (χ4n) is 3.48. The van der Waals surface area contributed by atoms with Crippen LogP contribution in [-0.2, 0) is 6.54 Å². The minimum absolute atomic E-state index is 0.127. The molecule has 0 amide bonds. The van der Waals surface area contributed by atoms with Gasteiger partial charge >= 0.3 is 0 Å². The van der Waals surface area contributed by atoms with Crippen molar-refractivity contribution in [2.24, 2.45) is 0 Å². The minimum atomic E-state index is -2.76. The largest absolute Gasteiger partial charge is 0.340 e. The van der Waals surface area contributed by atoms with Gasteiger partial charge in [0.1, 0.15) is 11.5 Å². The molecule has 0 N–H and O–H groups in total. The van der Waals surface area contributed by atoms with E-state index in [1.165, 1.54) is 18.2 Å². The fourth-order valence-corrected chi connectivity index (χ4v) is 3.48. The SMILES string of the molecule is CN1CCN(c2ccc(F)c(F)c2)c2ccc(-c3ccc(C(F)F)nn3)c(F)c2C1. The first-order chi connectivity index (χ1) is 14.3. The van der Waals surface area contributed by atoms with Crippen molar-refractivity contribution < 1.29 is 22.0 Å². The van der Waals surface area contributed by atoms with Crippen LogP contribution < -0.4 is 4.90 Å². The molecule has 0 unspecified atom stereocenters. The van der Waals surface area contributed by atoms with E-state index in [2.05, 4.69) is 10.2 Å². The second-order valence-corrected chi connectivity index (χ2v) is 7.06. The van der Waals surface area contributed by atoms with Gasteiger partial charge < -0.3 is 9.80 Å². The lowest BCUT2D eigenvalue weighted by molar-refractivity contribution is 0.145. The quantitative estimate of drug-likeness (QED) is 0.553. The fraction of sp³-hybridized carbons (Fsp3) is 0.238. The van der Waals surface area contributed by atoms with Gasteiger partial charge in [0.2, 0.25) is 0 Å². The normalized spacial score (nSPS) is 14.7. The molecule has 3 aromatic rings. The molecule has 0 aliphatic carbocycles. The van der Waals surface area contributed by atoms with Crippen LogP contribution in [0.1, 0.15) is 17.7 Å². The van der Waals surface area contributed by atoms with E-state index in [9.17, 15) is 17.6 Å². The number of likely N-dealkylation sites (N-methyl/N-ethyl adjacent to an activating group) is 1. The van der Waals surface area contributed by atoms with E-state index in [-0.39, 0.29) is 17.8 Å². The molecule has 0 saturated carbocycles. The van der Waals surface area contributed by atoms with Crippen LogP contribution in [-0.4, -0.2) is 35.2 Å². The van der Waals surface area contributed by atoms with Crippen molar-refractivity contribution in [1.82, 2.24) is 15.1 Å². The number of aromatic nitrogens is 2. The molecule has 9 heteroatoms. The van der Waals surface area contributed by atoms with Gasteiger partial charge in [-0.05, 0) is 43.4 Å². The van der Waals surface area contributed by atoms with Crippen molar-refractivity contribution in [3.8, 4) is 11.3 Å². The smallest absolute Gasteiger partial charge is 0.282 e. The molecule has 156 valence electrons. The third-order valence-electron chi connectivity index (χ3n) is 5.04. The van der Waals surface area contributed by atoms with Crippen molar-refractivity contribution in [3.63, 3.8) is 0 Å². The van der Waals surface area contributed by atoms with Crippen LogP contribution in [0.5, 0.6) is 0 Å². The minimum Gasteiger partial charge on any atom is -0.340 e. The van der Waals surface area contributed by atoms with E-state index in [1.807, 2.05) is 11.9 Å². The predicted molar refractivity (Wildman–Crippen MR) is 102 cm³/mol. The number of fused-ring (bicyclic) bond motifs is 1. The van der Waals surface area contributed by atoms with E-state index >= 15 is 4.39 Å². The lowest BCUT2D eigenvalue weighted by atomic mass is 10.0. The highest BCUT2D eigenvalue weighted by atomic mass is 19.3. The number of anilines is 2. The summed E-state index contributed by atoms with van der Waals surface area (Å²) in [7, 11) is 1.82. The molecule has 1 aliphatic rings. The number of rotatable bonds is 3. The highest BCUT2D eigenvalue weighted by molar-refractivity contribution is 5.72. The molecule has 0 saturated heterocycles. The maximum Gasteiger partial charge on any atom is 0.282 e. The van der Waals surface area contributed by atoms with Crippen LogP contribution in [0.4, 0.5) is 33.3 Å². The highest BCUT2D eigenvalue weighted by Gasteiger charge is 2.25. The molecule has 30 heavy (non-hydrogen) atoms. The number of alkyl halides is 2. The molecule has 1 aromatic heterocycles. The Labute approximate surface area is 169 Å². The average Bonchev–Trinajstić information content (AvgIpc) is 2.90. The van der Waals surface area contributed by atoms with Crippen LogP contribution in [0.25, 0.3) is 11.3 Å². The molecule has 1 aliphatic heterocycles. The van der Waals surface area contributed by atoms with Crippen molar-refractivity contribution >= 4 is 11.4 Å². The number of nitrogens with zero attached hydrogens (tertiary/aromatic N) is 4. The van der Waals surface area contributed by atoms with E-state index in [0.29, 0.717) is 30.0 Å². The predicted octanol–water partition coefficient (Wildman–Crippen LogP) is 5.08. The molecule has 2 heterocycles. The molecular formula is C21H17F5N4. The van der Waals surface area contributed by atoms with Gasteiger partial charge in [-0.1, -0.05) is 0 Å². The second-order valence-electron chi connectivity index (χ2n) is 7.06. The Bertz CT molecular complexity index is 1070. The van der Waals surface area contributed by atoms with E-state index < -0.39 is 29.6 Å². The van der Waals surface area contributed by atoms with E-state index in [1.54, 1.807) is 11.0 Å². The Balaban J connectivity index is 1.80. The zero-order chi connectivity index (χ0) is 21.4. The summed E-state index contributed by atoms with van der Waals surface area (Å²) in [6.07, 6.45) is -2.76. The Morgan fingerprint density at radius 3 is 2.37 bits per heavy atom. The van der Waals surface area contributed by atoms with Gasteiger partial charge in [0, 0.05) is 48.2 Å². The third-order valence-corrected chi connectivity index (χ3v) is 5.04. The van der Waals surface area contributed by atoms with Crippen molar-refractivity contribution in [1.29, 1.82) is 0 Å². The summed E-state index contributed by atoms with van der Waals surface area (Å²) in [5.74, 6) is -2.51. The summed E-state index contributed by atoms with van der Waals surface area (Å²) in [6, 6.07) is 9.10. The van der Waals surface area contributed by atoms with E-state index in [4.69, 9.17) is 0 Å². The van der Waals surface area contributed by atoms with Crippen molar-refractivity contribution in [2.75, 3.05) is 25.0 Å². The first-order valence-electron chi connectivity index (χ1n) is 9.20. The number of benzene rings is 2. The molecule has 0 atom stereocenters. The summed E-state index contributed by atoms with van der Waals surface area (Å²) >= 11 is 0. The second kappa shape index (κ2) is 7.98. The van der Waals surface area contributed by atoms with Gasteiger partial charge in [-0.15, -0.1) is 10.2 Å². The van der Waals surface area contributed by atoms with Crippen molar-refractivity contribution in [3.05, 3.63) is 71.2 Å². The molecule has 0 bridgehead atoms. The molecule has 0 spiro atoms. The van der Waals surface area contributed by atoms with Gasteiger partial charge in [0.25, 0.3) is 6.43 Å². The molecule has 0 fully saturated rings. The van der Waals surface area contributed by atoms with Crippen LogP contribution in [0.2, 0.25) is 0 Å². The van der Waals surface area contributed by atoms with E-state index in [0.717, 1.165) is 18.2 Å². The first kappa shape index (κ1) is 20.2. The van der Waals surface area contributed by atoms with Gasteiger partial charge in [-0.3, -0.25) is 0 Å². The summed E-state index contributed by atoms with van der Waals surface area (Å²) in [6.45, 7) is 1.28. The number of hydrogen-bond acceptors (Lipinski definition) is 4. The van der Waals surface area contributed by atoms with Crippen molar-refractivity contribution in [2.45, 2.75) is 13.0 Å². The van der Waals surface area contributed by atoms with Gasteiger partial charge in [0.05, 0.1) is 5.69 Å². The molecular weight excluding hydrogens is 403 g/mol. The summed E-state index contributed by atoms with van der Waals surface area (Å²) < 4.78 is 68.1. The summed E-state index contributed by atoms with van der Waals surface area (Å²) in [5.41, 5.74) is 1.03. The highest BCUT2D eigenvalue weighted by Crippen LogP contribution is 2.37. The number of hydrogen-bond donors (Lipinski definition) is 0. The maximum atomic E-state index is 15.5. The average molecular weight is 420 g/mol. The molecule has 0 radical (unpaired) electrons. The summed E-state index contributed by atoms with van der Waals surface area (Å²) in [5, 5.41) is 7.19. The monoisotopic (exact) mass is 420 g/mol. The van der Waals surface area contributed by atoms with Crippen LogP contribution in [0, 0.1) is 17.5 Å². The van der Waals surface area contributed by atoms with Crippen LogP contribution in [0.15, 0.2) is 42.5 Å². The maximum absolute atomic E-state index is 15.5. The zero-order valence-corrected chi connectivity index (χ0v) is 15.9.